The Hall–Kier alpha value is -2.36. The minimum atomic E-state index is -1.44. The lowest BCUT2D eigenvalue weighted by Gasteiger charge is -2.19. The van der Waals surface area contributed by atoms with E-state index in [4.69, 9.17) is 0 Å². The molecule has 0 saturated heterocycles. The molecule has 0 spiro atoms. The summed E-state index contributed by atoms with van der Waals surface area (Å²) in [5.74, 6) is -1.44. The highest BCUT2D eigenvalue weighted by molar-refractivity contribution is 5.93. The average Bonchev–Trinajstić information content (AvgIpc) is 2.40. The third kappa shape index (κ3) is 2.05. The first-order chi connectivity index (χ1) is 8.95. The molecule has 0 saturated carbocycles. The van der Waals surface area contributed by atoms with E-state index in [1.165, 1.54) is 0 Å². The zero-order chi connectivity index (χ0) is 14.2. The van der Waals surface area contributed by atoms with Crippen LogP contribution in [0.2, 0.25) is 0 Å². The van der Waals surface area contributed by atoms with Crippen LogP contribution in [-0.2, 0) is 7.05 Å². The first-order valence-corrected chi connectivity index (χ1v) is 5.92. The number of hydrogen-bond donors (Lipinski definition) is 0. The highest BCUT2D eigenvalue weighted by Gasteiger charge is 2.17. The topological polar surface area (TPSA) is 62.1 Å². The van der Waals surface area contributed by atoms with Crippen molar-refractivity contribution in [2.24, 2.45) is 7.05 Å². The molecule has 0 N–H and O–H groups in total. The SMILES string of the molecule is Cc1c(C)n(C)c(-c2ccccc2)c(C(=O)[O-])c1=O. The van der Waals surface area contributed by atoms with Gasteiger partial charge in [-0.25, -0.2) is 0 Å². The number of carboxylic acid groups (broad SMARTS) is 1. The molecule has 1 aromatic carbocycles. The van der Waals surface area contributed by atoms with E-state index in [1.54, 1.807) is 49.7 Å². The second-order valence-electron chi connectivity index (χ2n) is 4.48. The van der Waals surface area contributed by atoms with Gasteiger partial charge in [-0.3, -0.25) is 4.79 Å². The Morgan fingerprint density at radius 2 is 1.74 bits per heavy atom. The standard InChI is InChI=1S/C15H15NO3/c1-9-10(2)16(3)13(11-7-5-4-6-8-11)12(14(9)17)15(18)19/h4-8H,1-3H3,(H,18,19)/p-1. The van der Waals surface area contributed by atoms with Gasteiger partial charge in [0, 0.05) is 18.3 Å². The first-order valence-electron chi connectivity index (χ1n) is 5.92. The molecule has 0 radical (unpaired) electrons. The minimum Gasteiger partial charge on any atom is -0.545 e. The van der Waals surface area contributed by atoms with Crippen LogP contribution in [0.1, 0.15) is 21.6 Å². The van der Waals surface area contributed by atoms with Gasteiger partial charge in [0.2, 0.25) is 0 Å². The molecule has 0 unspecified atom stereocenters. The number of hydrogen-bond acceptors (Lipinski definition) is 3. The number of pyridine rings is 1. The van der Waals surface area contributed by atoms with Crippen molar-refractivity contribution < 1.29 is 9.90 Å². The molecule has 1 aromatic heterocycles. The van der Waals surface area contributed by atoms with Crippen LogP contribution >= 0.6 is 0 Å². The van der Waals surface area contributed by atoms with Gasteiger partial charge in [0.05, 0.1) is 17.2 Å². The number of carbonyl (C=O) groups is 1. The van der Waals surface area contributed by atoms with Gasteiger partial charge in [0.1, 0.15) is 0 Å². The Morgan fingerprint density at radius 3 is 2.26 bits per heavy atom. The third-order valence-electron chi connectivity index (χ3n) is 3.44. The molecule has 98 valence electrons. The molecule has 0 atom stereocenters. The Labute approximate surface area is 110 Å². The van der Waals surface area contributed by atoms with Gasteiger partial charge in [0.25, 0.3) is 0 Å². The van der Waals surface area contributed by atoms with Crippen LogP contribution in [0, 0.1) is 13.8 Å². The lowest BCUT2D eigenvalue weighted by Crippen LogP contribution is -2.33. The fourth-order valence-electron chi connectivity index (χ4n) is 2.17. The summed E-state index contributed by atoms with van der Waals surface area (Å²) < 4.78 is 1.72. The molecule has 2 aromatic rings. The van der Waals surface area contributed by atoms with E-state index in [1.807, 2.05) is 6.07 Å². The highest BCUT2D eigenvalue weighted by atomic mass is 16.4. The number of aromatic carboxylic acids is 1. The maximum atomic E-state index is 12.1. The van der Waals surface area contributed by atoms with E-state index in [2.05, 4.69) is 0 Å². The van der Waals surface area contributed by atoms with Crippen LogP contribution in [0.25, 0.3) is 11.3 Å². The predicted octanol–water partition coefficient (Wildman–Crippen LogP) is 1.03. The summed E-state index contributed by atoms with van der Waals surface area (Å²) in [6.45, 7) is 3.42. The summed E-state index contributed by atoms with van der Waals surface area (Å²) in [4.78, 5) is 23.5. The Balaban J connectivity index is 2.95. The van der Waals surface area contributed by atoms with Crippen LogP contribution < -0.4 is 10.5 Å². The van der Waals surface area contributed by atoms with Gasteiger partial charge < -0.3 is 14.5 Å². The molecule has 1 heterocycles. The quantitative estimate of drug-likeness (QED) is 0.806. The summed E-state index contributed by atoms with van der Waals surface area (Å²) in [6, 6.07) is 8.98. The van der Waals surface area contributed by atoms with Crippen LogP contribution in [0.4, 0.5) is 0 Å². The van der Waals surface area contributed by atoms with Crippen molar-refractivity contribution in [3.8, 4) is 11.3 Å². The van der Waals surface area contributed by atoms with Gasteiger partial charge in [-0.05, 0) is 19.4 Å². The second kappa shape index (κ2) is 4.72. The van der Waals surface area contributed by atoms with Gasteiger partial charge in [0.15, 0.2) is 5.43 Å². The van der Waals surface area contributed by atoms with Gasteiger partial charge >= 0.3 is 0 Å². The van der Waals surface area contributed by atoms with Gasteiger partial charge in [-0.15, -0.1) is 0 Å². The normalized spacial score (nSPS) is 10.5. The molecule has 0 aliphatic carbocycles. The Bertz CT molecular complexity index is 700. The predicted molar refractivity (Wildman–Crippen MR) is 70.9 cm³/mol. The largest absolute Gasteiger partial charge is 0.545 e. The van der Waals surface area contributed by atoms with Crippen molar-refractivity contribution in [2.75, 3.05) is 0 Å². The molecular weight excluding hydrogens is 242 g/mol. The van der Waals surface area contributed by atoms with Crippen LogP contribution in [0.3, 0.4) is 0 Å². The monoisotopic (exact) mass is 256 g/mol. The van der Waals surface area contributed by atoms with Gasteiger partial charge in [-0.1, -0.05) is 30.3 Å². The van der Waals surface area contributed by atoms with E-state index >= 15 is 0 Å². The number of aromatic nitrogens is 1. The molecule has 0 aliphatic heterocycles. The molecule has 0 bridgehead atoms. The second-order valence-corrected chi connectivity index (χ2v) is 4.48. The summed E-state index contributed by atoms with van der Waals surface area (Å²) in [7, 11) is 1.75. The fourth-order valence-corrected chi connectivity index (χ4v) is 2.17. The number of benzene rings is 1. The van der Waals surface area contributed by atoms with Crippen molar-refractivity contribution in [2.45, 2.75) is 13.8 Å². The van der Waals surface area contributed by atoms with Crippen molar-refractivity contribution in [1.29, 1.82) is 0 Å². The first kappa shape index (κ1) is 13.1. The van der Waals surface area contributed by atoms with Crippen LogP contribution in [0.15, 0.2) is 35.1 Å². The maximum absolute atomic E-state index is 12.1. The molecular formula is C15H14NO3-. The van der Waals surface area contributed by atoms with Crippen molar-refractivity contribution in [3.05, 3.63) is 57.4 Å². The molecule has 0 fully saturated rings. The van der Waals surface area contributed by atoms with E-state index in [0.29, 0.717) is 16.8 Å². The van der Waals surface area contributed by atoms with E-state index < -0.39 is 11.4 Å². The zero-order valence-electron chi connectivity index (χ0n) is 11.1. The summed E-state index contributed by atoms with van der Waals surface area (Å²) in [6.07, 6.45) is 0. The van der Waals surface area contributed by atoms with E-state index in [9.17, 15) is 14.7 Å². The molecule has 0 amide bonds. The van der Waals surface area contributed by atoms with Crippen LogP contribution in [-0.4, -0.2) is 10.5 Å². The van der Waals surface area contributed by atoms with Crippen molar-refractivity contribution in [1.82, 2.24) is 4.57 Å². The average molecular weight is 256 g/mol. The minimum absolute atomic E-state index is 0.281. The van der Waals surface area contributed by atoms with Crippen molar-refractivity contribution in [3.63, 3.8) is 0 Å². The van der Waals surface area contributed by atoms with Gasteiger partial charge in [-0.2, -0.15) is 0 Å². The number of nitrogens with zero attached hydrogens (tertiary/aromatic N) is 1. The number of carbonyl (C=O) groups excluding carboxylic acids is 1. The lowest BCUT2D eigenvalue weighted by molar-refractivity contribution is -0.255. The highest BCUT2D eigenvalue weighted by Crippen LogP contribution is 2.23. The molecule has 4 heteroatoms. The summed E-state index contributed by atoms with van der Waals surface area (Å²) >= 11 is 0. The van der Waals surface area contributed by atoms with Crippen LogP contribution in [0.5, 0.6) is 0 Å². The zero-order valence-corrected chi connectivity index (χ0v) is 11.1. The Kier molecular flexibility index (Phi) is 3.25. The molecule has 2 rings (SSSR count). The molecule has 4 nitrogen and oxygen atoms in total. The Morgan fingerprint density at radius 1 is 1.16 bits per heavy atom. The lowest BCUT2D eigenvalue weighted by atomic mass is 10.0. The maximum Gasteiger partial charge on any atom is 0.194 e. The summed E-state index contributed by atoms with van der Waals surface area (Å²) in [5.41, 5.74) is 1.49. The fraction of sp³-hybridized carbons (Fsp3) is 0.200. The molecule has 19 heavy (non-hydrogen) atoms. The third-order valence-corrected chi connectivity index (χ3v) is 3.44. The van der Waals surface area contributed by atoms with Crippen molar-refractivity contribution >= 4 is 5.97 Å². The number of rotatable bonds is 2. The van der Waals surface area contributed by atoms with E-state index in [0.717, 1.165) is 5.69 Å². The number of carboxylic acids is 1. The van der Waals surface area contributed by atoms with E-state index in [-0.39, 0.29) is 5.56 Å². The smallest absolute Gasteiger partial charge is 0.194 e. The molecule has 0 aliphatic rings. The summed E-state index contributed by atoms with van der Waals surface area (Å²) in [5, 5.41) is 11.3.